The van der Waals surface area contributed by atoms with Crippen LogP contribution in [0.15, 0.2) is 22.5 Å². The van der Waals surface area contributed by atoms with Gasteiger partial charge in [0.2, 0.25) is 5.96 Å². The molecule has 3 rings (SSSR count). The highest BCUT2D eigenvalue weighted by atomic mass is 35.5. The first-order valence-corrected chi connectivity index (χ1v) is 9.00. The molecule has 0 spiro atoms. The van der Waals surface area contributed by atoms with Gasteiger partial charge in [-0.15, -0.1) is 16.4 Å². The van der Waals surface area contributed by atoms with Crippen molar-refractivity contribution < 1.29 is 0 Å². The Morgan fingerprint density at radius 2 is 2.17 bits per heavy atom. The minimum Gasteiger partial charge on any atom is -0.369 e. The highest BCUT2D eigenvalue weighted by Gasteiger charge is 2.30. The number of guanidine groups is 1. The number of thiophene rings is 1. The molecule has 1 aliphatic rings. The molecule has 0 aliphatic heterocycles. The van der Waals surface area contributed by atoms with Crippen molar-refractivity contribution in [3.63, 3.8) is 0 Å². The van der Waals surface area contributed by atoms with E-state index in [1.807, 2.05) is 6.07 Å². The molecule has 0 amide bonds. The molecule has 0 saturated heterocycles. The Kier molecular flexibility index (Phi) is 5.03. The molecular weight excluding hydrogens is 367 g/mol. The molecule has 1 atom stereocenters. The molecule has 126 valence electrons. The second-order valence-electron chi connectivity index (χ2n) is 5.50. The summed E-state index contributed by atoms with van der Waals surface area (Å²) in [6.07, 6.45) is 3.98. The summed E-state index contributed by atoms with van der Waals surface area (Å²) in [4.78, 5) is 0. The Morgan fingerprint density at radius 1 is 1.38 bits per heavy atom. The third-order valence-electron chi connectivity index (χ3n) is 3.96. The topological polar surface area (TPSA) is 103 Å². The van der Waals surface area contributed by atoms with E-state index in [0.29, 0.717) is 15.1 Å². The second kappa shape index (κ2) is 7.04. The Bertz CT molecular complexity index is 825. The van der Waals surface area contributed by atoms with Crippen LogP contribution < -0.4 is 11.5 Å². The molecular formula is C15H16Cl2N6S. The van der Waals surface area contributed by atoms with E-state index in [4.69, 9.17) is 34.7 Å². The van der Waals surface area contributed by atoms with E-state index >= 15 is 0 Å². The van der Waals surface area contributed by atoms with Crippen LogP contribution >= 0.6 is 34.5 Å². The number of aromatic nitrogens is 2. The van der Waals surface area contributed by atoms with Crippen molar-refractivity contribution in [2.24, 2.45) is 21.7 Å². The predicted molar refractivity (Wildman–Crippen MR) is 99.2 cm³/mol. The average molecular weight is 383 g/mol. The van der Waals surface area contributed by atoms with Gasteiger partial charge in [-0.3, -0.25) is 0 Å². The van der Waals surface area contributed by atoms with E-state index in [2.05, 4.69) is 27.3 Å². The van der Waals surface area contributed by atoms with Crippen LogP contribution in [0.25, 0.3) is 0 Å². The van der Waals surface area contributed by atoms with Gasteiger partial charge in [0.15, 0.2) is 0 Å². The highest BCUT2D eigenvalue weighted by molar-refractivity contribution is 7.20. The van der Waals surface area contributed by atoms with Gasteiger partial charge in [-0.1, -0.05) is 30.1 Å². The molecule has 0 aromatic carbocycles. The number of fused-ring (bicyclic) bond motifs is 1. The first kappa shape index (κ1) is 17.1. The Labute approximate surface area is 153 Å². The first-order valence-electron chi connectivity index (χ1n) is 7.43. The van der Waals surface area contributed by atoms with Gasteiger partial charge >= 0.3 is 0 Å². The molecule has 9 heteroatoms. The molecule has 0 radical (unpaired) electrons. The van der Waals surface area contributed by atoms with Crippen LogP contribution in [0.3, 0.4) is 0 Å². The molecule has 0 bridgehead atoms. The molecule has 1 unspecified atom stereocenters. The minimum absolute atomic E-state index is 0.0807. The van der Waals surface area contributed by atoms with Crippen LogP contribution in [0, 0.1) is 0 Å². The summed E-state index contributed by atoms with van der Waals surface area (Å²) in [5.41, 5.74) is 15.6. The zero-order valence-corrected chi connectivity index (χ0v) is 15.3. The molecule has 1 aliphatic carbocycles. The Hall–Kier alpha value is -1.70. The number of hydrogen-bond acceptors (Lipinski definition) is 5. The molecule has 2 aromatic heterocycles. The fourth-order valence-electron chi connectivity index (χ4n) is 2.93. The quantitative estimate of drug-likeness (QED) is 0.483. The van der Waals surface area contributed by atoms with Crippen molar-refractivity contribution in [1.29, 1.82) is 0 Å². The monoisotopic (exact) mass is 382 g/mol. The van der Waals surface area contributed by atoms with Gasteiger partial charge in [0.1, 0.15) is 0 Å². The lowest BCUT2D eigenvalue weighted by Gasteiger charge is -2.25. The summed E-state index contributed by atoms with van der Waals surface area (Å²) >= 11 is 13.8. The van der Waals surface area contributed by atoms with Crippen molar-refractivity contribution in [2.75, 3.05) is 0 Å². The number of halogens is 2. The van der Waals surface area contributed by atoms with Gasteiger partial charge in [0.25, 0.3) is 0 Å². The number of nitrogens with zero attached hydrogens (tertiary/aromatic N) is 4. The Balaban J connectivity index is 2.10. The number of nitrogens with two attached hydrogens (primary N) is 2. The summed E-state index contributed by atoms with van der Waals surface area (Å²) in [5, 5.41) is 16.5. The second-order valence-corrected chi connectivity index (χ2v) is 7.79. The summed E-state index contributed by atoms with van der Waals surface area (Å²) in [6.45, 7) is 2.07. The van der Waals surface area contributed by atoms with E-state index in [9.17, 15) is 0 Å². The smallest absolute Gasteiger partial charge is 0.211 e. The number of rotatable bonds is 3. The van der Waals surface area contributed by atoms with E-state index in [1.165, 1.54) is 11.3 Å². The standard InChI is InChI=1S/C15H16Cl2N6S/c1-2-7-6-20-21-10-3-8(9-5-12(16)24-14(9)17)4-11(13(7)10)22-23-15(18)19/h5-6,8H,2-4H2,1H3,(H4,18,19,23)/b22-11+. The third-order valence-corrected chi connectivity index (χ3v) is 5.48. The lowest BCUT2D eigenvalue weighted by molar-refractivity contribution is 0.666. The van der Waals surface area contributed by atoms with Crippen LogP contribution in [0.4, 0.5) is 0 Å². The lowest BCUT2D eigenvalue weighted by Crippen LogP contribution is -2.25. The predicted octanol–water partition coefficient (Wildman–Crippen LogP) is 3.11. The van der Waals surface area contributed by atoms with Crippen LogP contribution in [-0.4, -0.2) is 21.9 Å². The van der Waals surface area contributed by atoms with Crippen molar-refractivity contribution >= 4 is 46.2 Å². The van der Waals surface area contributed by atoms with Crippen LogP contribution in [-0.2, 0) is 12.8 Å². The van der Waals surface area contributed by atoms with E-state index in [1.54, 1.807) is 6.20 Å². The molecule has 4 N–H and O–H groups in total. The maximum Gasteiger partial charge on any atom is 0.211 e. The summed E-state index contributed by atoms with van der Waals surface area (Å²) in [7, 11) is 0. The SMILES string of the molecule is CCc1cnnc2c1/C(=N/N=C(N)N)CC(c1cc(Cl)sc1Cl)C2. The maximum absolute atomic E-state index is 6.33. The fourth-order valence-corrected chi connectivity index (χ4v) is 4.56. The molecule has 2 aromatic rings. The zero-order chi connectivity index (χ0) is 17.3. The van der Waals surface area contributed by atoms with Crippen molar-refractivity contribution in [3.8, 4) is 0 Å². The number of hydrogen-bond donors (Lipinski definition) is 2. The van der Waals surface area contributed by atoms with Crippen LogP contribution in [0.1, 0.15) is 41.6 Å². The number of aryl methyl sites for hydroxylation is 1. The summed E-state index contributed by atoms with van der Waals surface area (Å²) in [5.74, 6) is 0.0333. The van der Waals surface area contributed by atoms with E-state index in [0.717, 1.165) is 40.9 Å². The third kappa shape index (κ3) is 3.38. The molecule has 24 heavy (non-hydrogen) atoms. The minimum atomic E-state index is -0.0807. The molecule has 2 heterocycles. The van der Waals surface area contributed by atoms with Gasteiger partial charge in [-0.25, -0.2) is 0 Å². The first-order chi connectivity index (χ1) is 11.5. The van der Waals surface area contributed by atoms with Gasteiger partial charge < -0.3 is 11.5 Å². The van der Waals surface area contributed by atoms with Crippen molar-refractivity contribution in [2.45, 2.75) is 32.1 Å². The molecule has 6 nitrogen and oxygen atoms in total. The average Bonchev–Trinajstić information content (AvgIpc) is 2.90. The lowest BCUT2D eigenvalue weighted by atomic mass is 9.80. The van der Waals surface area contributed by atoms with Gasteiger partial charge in [0.05, 0.1) is 26.3 Å². The largest absolute Gasteiger partial charge is 0.369 e. The van der Waals surface area contributed by atoms with Gasteiger partial charge in [0, 0.05) is 5.56 Å². The summed E-state index contributed by atoms with van der Waals surface area (Å²) in [6, 6.07) is 1.90. The maximum atomic E-state index is 6.33. The summed E-state index contributed by atoms with van der Waals surface area (Å²) < 4.78 is 1.35. The molecule has 0 saturated carbocycles. The van der Waals surface area contributed by atoms with Gasteiger partial charge in [-0.2, -0.15) is 15.3 Å². The fraction of sp³-hybridized carbons (Fsp3) is 0.333. The Morgan fingerprint density at radius 3 is 2.79 bits per heavy atom. The molecule has 0 fully saturated rings. The zero-order valence-electron chi connectivity index (χ0n) is 13.0. The van der Waals surface area contributed by atoms with Crippen molar-refractivity contribution in [1.82, 2.24) is 10.2 Å². The van der Waals surface area contributed by atoms with E-state index < -0.39 is 0 Å². The van der Waals surface area contributed by atoms with Gasteiger partial charge in [-0.05, 0) is 42.4 Å². The van der Waals surface area contributed by atoms with Crippen LogP contribution in [0.2, 0.25) is 8.67 Å². The van der Waals surface area contributed by atoms with E-state index in [-0.39, 0.29) is 11.9 Å². The van der Waals surface area contributed by atoms with Crippen molar-refractivity contribution in [3.05, 3.63) is 43.3 Å². The normalized spacial score (nSPS) is 18.5. The van der Waals surface area contributed by atoms with Crippen LogP contribution in [0.5, 0.6) is 0 Å². The highest BCUT2D eigenvalue weighted by Crippen LogP contribution is 2.41.